The van der Waals surface area contributed by atoms with Crippen LogP contribution in [-0.4, -0.2) is 31.8 Å². The van der Waals surface area contributed by atoms with Gasteiger partial charge < -0.3 is 19.4 Å². The van der Waals surface area contributed by atoms with E-state index in [0.29, 0.717) is 27.7 Å². The number of fused-ring (bicyclic) bond motifs is 1. The van der Waals surface area contributed by atoms with Gasteiger partial charge in [-0.1, -0.05) is 11.8 Å². The highest BCUT2D eigenvalue weighted by Crippen LogP contribution is 2.25. The number of pyridine rings is 1. The van der Waals surface area contributed by atoms with Crippen LogP contribution in [0.5, 0.6) is 0 Å². The second-order valence-corrected chi connectivity index (χ2v) is 7.64. The number of nitrogens with one attached hydrogen (secondary N) is 1. The van der Waals surface area contributed by atoms with Gasteiger partial charge in [0.25, 0.3) is 5.56 Å². The van der Waals surface area contributed by atoms with Gasteiger partial charge in [0.15, 0.2) is 0 Å². The van der Waals surface area contributed by atoms with Crippen LogP contribution in [0.1, 0.15) is 56.2 Å². The van der Waals surface area contributed by atoms with Crippen molar-refractivity contribution >= 4 is 16.9 Å². The maximum Gasteiger partial charge on any atom is 0.341 e. The summed E-state index contributed by atoms with van der Waals surface area (Å²) in [7, 11) is 1.61. The first kappa shape index (κ1) is 18.8. The van der Waals surface area contributed by atoms with Crippen molar-refractivity contribution in [3.8, 4) is 11.8 Å². The molecule has 2 N–H and O–H groups in total. The highest BCUT2D eigenvalue weighted by atomic mass is 16.6. The molecule has 6 heteroatoms. The number of aryl methyl sites for hydroxylation is 2. The molecule has 2 aromatic rings. The zero-order valence-corrected chi connectivity index (χ0v) is 15.7. The van der Waals surface area contributed by atoms with E-state index in [-0.39, 0.29) is 5.56 Å². The molecule has 25 heavy (non-hydrogen) atoms. The van der Waals surface area contributed by atoms with Crippen LogP contribution in [-0.2, 0) is 11.8 Å². The number of nitrogens with zero attached hydrogens (tertiary/aromatic N) is 1. The van der Waals surface area contributed by atoms with E-state index >= 15 is 0 Å². The van der Waals surface area contributed by atoms with Gasteiger partial charge in [-0.25, -0.2) is 4.79 Å². The van der Waals surface area contributed by atoms with Crippen molar-refractivity contribution in [3.63, 3.8) is 0 Å². The summed E-state index contributed by atoms with van der Waals surface area (Å²) in [5.41, 5.74) is -0.513. The van der Waals surface area contributed by atoms with Gasteiger partial charge in [0.1, 0.15) is 16.7 Å². The molecular formula is C19H24N2O4. The van der Waals surface area contributed by atoms with Gasteiger partial charge in [0, 0.05) is 24.3 Å². The molecule has 0 saturated heterocycles. The molecule has 6 nitrogen and oxygen atoms in total. The van der Waals surface area contributed by atoms with Crippen molar-refractivity contribution in [2.45, 2.75) is 52.7 Å². The Bertz CT molecular complexity index is 954. The van der Waals surface area contributed by atoms with E-state index < -0.39 is 17.2 Å². The maximum atomic E-state index is 12.7. The Labute approximate surface area is 146 Å². The molecule has 0 spiro atoms. The fourth-order valence-corrected chi connectivity index (χ4v) is 2.45. The van der Waals surface area contributed by atoms with Crippen LogP contribution in [0, 0.1) is 18.8 Å². The number of H-pyrrole nitrogens is 1. The molecule has 2 aromatic heterocycles. The van der Waals surface area contributed by atoms with E-state index in [4.69, 9.17) is 4.74 Å². The maximum absolute atomic E-state index is 12.7. The van der Waals surface area contributed by atoms with Crippen LogP contribution in [0.25, 0.3) is 10.9 Å². The number of esters is 1. The molecule has 0 bridgehead atoms. The minimum Gasteiger partial charge on any atom is -0.456 e. The van der Waals surface area contributed by atoms with Crippen molar-refractivity contribution in [2.24, 2.45) is 7.05 Å². The summed E-state index contributed by atoms with van der Waals surface area (Å²) in [4.78, 5) is 28.1. The fraction of sp³-hybridized carbons (Fsp3) is 0.474. The molecule has 2 heterocycles. The molecule has 0 saturated carbocycles. The zero-order valence-electron chi connectivity index (χ0n) is 15.7. The summed E-state index contributed by atoms with van der Waals surface area (Å²) in [6, 6.07) is 0. The number of rotatable bonds is 1. The first-order valence-corrected chi connectivity index (χ1v) is 8.01. The van der Waals surface area contributed by atoms with Crippen LogP contribution in [0.3, 0.4) is 0 Å². The number of aromatic amines is 1. The number of carbonyl (C=O) groups is 1. The molecule has 134 valence electrons. The van der Waals surface area contributed by atoms with Gasteiger partial charge in [0.2, 0.25) is 0 Å². The molecule has 0 aliphatic carbocycles. The SMILES string of the molecule is Cc1[nH]c2c(=O)n(C)cc(C#CC(C)(C)O)c2c1C(=O)OC(C)(C)C. The number of ether oxygens (including phenoxy) is 1. The third-order valence-corrected chi connectivity index (χ3v) is 3.42. The monoisotopic (exact) mass is 344 g/mol. The molecule has 0 atom stereocenters. The van der Waals surface area contributed by atoms with Crippen LogP contribution >= 0.6 is 0 Å². The lowest BCUT2D eigenvalue weighted by atomic mass is 10.0. The average Bonchev–Trinajstić information content (AvgIpc) is 2.76. The number of carbonyl (C=O) groups excluding carboxylic acids is 1. The van der Waals surface area contributed by atoms with Gasteiger partial charge in [0.05, 0.1) is 11.1 Å². The second kappa shape index (κ2) is 6.08. The van der Waals surface area contributed by atoms with Crippen LogP contribution < -0.4 is 5.56 Å². The van der Waals surface area contributed by atoms with Crippen molar-refractivity contribution < 1.29 is 14.6 Å². The molecule has 0 aliphatic rings. The Morgan fingerprint density at radius 2 is 1.88 bits per heavy atom. The molecule has 0 fully saturated rings. The predicted octanol–water partition coefficient (Wildman–Crippen LogP) is 2.25. The Hall–Kier alpha value is -2.52. The summed E-state index contributed by atoms with van der Waals surface area (Å²) in [6.07, 6.45) is 1.56. The molecule has 0 radical (unpaired) electrons. The van der Waals surface area contributed by atoms with E-state index in [1.165, 1.54) is 4.57 Å². The molecule has 2 rings (SSSR count). The average molecular weight is 344 g/mol. The molecular weight excluding hydrogens is 320 g/mol. The van der Waals surface area contributed by atoms with Crippen molar-refractivity contribution in [1.82, 2.24) is 9.55 Å². The fourth-order valence-electron chi connectivity index (χ4n) is 2.45. The summed E-state index contributed by atoms with van der Waals surface area (Å²) < 4.78 is 6.87. The van der Waals surface area contributed by atoms with E-state index in [1.54, 1.807) is 54.8 Å². The Kier molecular flexibility index (Phi) is 4.58. The molecule has 0 aromatic carbocycles. The van der Waals surface area contributed by atoms with Crippen LogP contribution in [0.15, 0.2) is 11.0 Å². The van der Waals surface area contributed by atoms with Gasteiger partial charge in [-0.15, -0.1) is 0 Å². The van der Waals surface area contributed by atoms with Gasteiger partial charge in [-0.05, 0) is 41.5 Å². The van der Waals surface area contributed by atoms with Crippen molar-refractivity contribution in [1.29, 1.82) is 0 Å². The van der Waals surface area contributed by atoms with Gasteiger partial charge >= 0.3 is 5.97 Å². The van der Waals surface area contributed by atoms with E-state index in [9.17, 15) is 14.7 Å². The molecule has 0 unspecified atom stereocenters. The lowest BCUT2D eigenvalue weighted by Gasteiger charge is -2.19. The number of hydrogen-bond donors (Lipinski definition) is 2. The highest BCUT2D eigenvalue weighted by molar-refractivity contribution is 6.07. The Morgan fingerprint density at radius 3 is 2.40 bits per heavy atom. The largest absolute Gasteiger partial charge is 0.456 e. The third-order valence-electron chi connectivity index (χ3n) is 3.42. The molecule has 0 amide bonds. The summed E-state index contributed by atoms with van der Waals surface area (Å²) in [5.74, 6) is 5.09. The minimum absolute atomic E-state index is 0.262. The number of aliphatic hydroxyl groups is 1. The Balaban J connectivity index is 2.81. The minimum atomic E-state index is -1.20. The van der Waals surface area contributed by atoms with Crippen molar-refractivity contribution in [3.05, 3.63) is 33.4 Å². The Morgan fingerprint density at radius 1 is 1.28 bits per heavy atom. The first-order chi connectivity index (χ1) is 11.3. The van der Waals surface area contributed by atoms with Crippen molar-refractivity contribution in [2.75, 3.05) is 0 Å². The van der Waals surface area contributed by atoms with Gasteiger partial charge in [-0.2, -0.15) is 0 Å². The number of hydrogen-bond acceptors (Lipinski definition) is 4. The van der Waals surface area contributed by atoms with Crippen LogP contribution in [0.4, 0.5) is 0 Å². The quantitative estimate of drug-likeness (QED) is 0.614. The predicted molar refractivity (Wildman–Crippen MR) is 96.6 cm³/mol. The van der Waals surface area contributed by atoms with Crippen LogP contribution in [0.2, 0.25) is 0 Å². The third kappa shape index (κ3) is 4.12. The normalized spacial score (nSPS) is 12.0. The lowest BCUT2D eigenvalue weighted by molar-refractivity contribution is 0.00710. The first-order valence-electron chi connectivity index (χ1n) is 8.01. The smallest absolute Gasteiger partial charge is 0.341 e. The van der Waals surface area contributed by atoms with Gasteiger partial charge in [-0.3, -0.25) is 4.79 Å². The summed E-state index contributed by atoms with van der Waals surface area (Å²) >= 11 is 0. The second-order valence-electron chi connectivity index (χ2n) is 7.64. The summed E-state index contributed by atoms with van der Waals surface area (Å²) in [5, 5.41) is 10.3. The molecule has 0 aliphatic heterocycles. The number of aromatic nitrogens is 2. The summed E-state index contributed by atoms with van der Waals surface area (Å²) in [6.45, 7) is 10.2. The standard InChI is InChI=1S/C19H24N2O4/c1-11-13(17(23)25-18(2,3)4)14-12(8-9-19(5,6)24)10-21(7)16(22)15(14)20-11/h10,20,24H,1-7H3. The topological polar surface area (TPSA) is 84.3 Å². The highest BCUT2D eigenvalue weighted by Gasteiger charge is 2.26. The van der Waals surface area contributed by atoms with E-state index in [2.05, 4.69) is 16.8 Å². The lowest BCUT2D eigenvalue weighted by Crippen LogP contribution is -2.24. The zero-order chi connectivity index (χ0) is 19.2. The van der Waals surface area contributed by atoms with E-state index in [1.807, 2.05) is 0 Å². The van der Waals surface area contributed by atoms with E-state index in [0.717, 1.165) is 0 Å².